The van der Waals surface area contributed by atoms with Gasteiger partial charge >= 0.3 is 0 Å². The maximum atomic E-state index is 8.66. The number of epoxide rings is 1. The van der Waals surface area contributed by atoms with E-state index in [1.54, 1.807) is 0 Å². The Morgan fingerprint density at radius 3 is 2.43 bits per heavy atom. The van der Waals surface area contributed by atoms with Gasteiger partial charge in [0.15, 0.2) is 0 Å². The van der Waals surface area contributed by atoms with Crippen molar-refractivity contribution in [3.8, 4) is 0 Å². The smallest absolute Gasteiger partial charge is 0.109 e. The molecule has 0 aromatic heterocycles. The van der Waals surface area contributed by atoms with Crippen molar-refractivity contribution in [3.63, 3.8) is 0 Å². The fourth-order valence-electron chi connectivity index (χ4n) is 1.43. The molecule has 2 heteroatoms. The standard InChI is InChI=1S/C10H12O2.C2H6/c11-7-6-9-10(12-9)8-4-2-1-3-5-8;1-2/h1-5,9-11H,6-7H2;1-2H3. The quantitative estimate of drug-likeness (QED) is 0.750. The third-order valence-corrected chi connectivity index (χ3v) is 2.12. The van der Waals surface area contributed by atoms with Gasteiger partial charge in [-0.2, -0.15) is 0 Å². The van der Waals surface area contributed by atoms with Crippen LogP contribution in [0.5, 0.6) is 0 Å². The predicted octanol–water partition coefficient (Wildman–Crippen LogP) is 2.54. The van der Waals surface area contributed by atoms with Crippen molar-refractivity contribution in [2.75, 3.05) is 6.61 Å². The van der Waals surface area contributed by atoms with Gasteiger partial charge in [-0.1, -0.05) is 44.2 Å². The zero-order valence-electron chi connectivity index (χ0n) is 8.81. The molecular weight excluding hydrogens is 176 g/mol. The van der Waals surface area contributed by atoms with Gasteiger partial charge in [-0.15, -0.1) is 0 Å². The maximum absolute atomic E-state index is 8.66. The molecule has 1 fully saturated rings. The molecule has 1 N–H and O–H groups in total. The van der Waals surface area contributed by atoms with Crippen molar-refractivity contribution in [1.82, 2.24) is 0 Å². The second-order valence-corrected chi connectivity index (χ2v) is 3.02. The van der Waals surface area contributed by atoms with E-state index < -0.39 is 0 Å². The molecule has 14 heavy (non-hydrogen) atoms. The molecule has 2 atom stereocenters. The van der Waals surface area contributed by atoms with Crippen molar-refractivity contribution in [2.45, 2.75) is 32.5 Å². The second kappa shape index (κ2) is 5.78. The Morgan fingerprint density at radius 1 is 1.21 bits per heavy atom. The lowest BCUT2D eigenvalue weighted by molar-refractivity contribution is 0.262. The molecule has 1 aliphatic heterocycles. The lowest BCUT2D eigenvalue weighted by Crippen LogP contribution is -1.92. The summed E-state index contributed by atoms with van der Waals surface area (Å²) in [6.07, 6.45) is 1.23. The van der Waals surface area contributed by atoms with Crippen LogP contribution in [0.3, 0.4) is 0 Å². The molecule has 1 heterocycles. The topological polar surface area (TPSA) is 32.8 Å². The molecule has 1 aromatic carbocycles. The van der Waals surface area contributed by atoms with Crippen LogP contribution in [0.25, 0.3) is 0 Å². The minimum atomic E-state index is 0.216. The summed E-state index contributed by atoms with van der Waals surface area (Å²) in [5, 5.41) is 8.66. The second-order valence-electron chi connectivity index (χ2n) is 3.02. The molecule has 2 nitrogen and oxygen atoms in total. The van der Waals surface area contributed by atoms with Gasteiger partial charge in [-0.25, -0.2) is 0 Å². The largest absolute Gasteiger partial charge is 0.396 e. The summed E-state index contributed by atoms with van der Waals surface area (Å²) in [6, 6.07) is 10.1. The molecule has 78 valence electrons. The number of aliphatic hydroxyl groups is 1. The molecule has 2 unspecified atom stereocenters. The van der Waals surface area contributed by atoms with Crippen LogP contribution >= 0.6 is 0 Å². The normalized spacial score (nSPS) is 23.6. The van der Waals surface area contributed by atoms with Gasteiger partial charge in [-0.05, 0) is 12.0 Å². The minimum absolute atomic E-state index is 0.216. The summed E-state index contributed by atoms with van der Waals surface area (Å²) in [5.41, 5.74) is 1.22. The summed E-state index contributed by atoms with van der Waals surface area (Å²) in [6.45, 7) is 4.22. The fourth-order valence-corrected chi connectivity index (χ4v) is 1.43. The van der Waals surface area contributed by atoms with Crippen LogP contribution in [0.1, 0.15) is 31.9 Å². The highest BCUT2D eigenvalue weighted by molar-refractivity contribution is 5.22. The van der Waals surface area contributed by atoms with Gasteiger partial charge in [0, 0.05) is 6.61 Å². The van der Waals surface area contributed by atoms with Gasteiger partial charge in [0.2, 0.25) is 0 Å². The first-order chi connectivity index (χ1) is 6.92. The molecule has 1 saturated heterocycles. The van der Waals surface area contributed by atoms with Crippen molar-refractivity contribution in [2.24, 2.45) is 0 Å². The highest BCUT2D eigenvalue weighted by Gasteiger charge is 2.38. The van der Waals surface area contributed by atoms with Crippen molar-refractivity contribution in [3.05, 3.63) is 35.9 Å². The van der Waals surface area contributed by atoms with E-state index in [1.165, 1.54) is 5.56 Å². The Labute approximate surface area is 85.5 Å². The maximum Gasteiger partial charge on any atom is 0.109 e. The molecule has 1 aromatic rings. The van der Waals surface area contributed by atoms with E-state index in [4.69, 9.17) is 9.84 Å². The van der Waals surface area contributed by atoms with Crippen LogP contribution in [-0.4, -0.2) is 17.8 Å². The average Bonchev–Trinajstić information content (AvgIpc) is 3.02. The molecule has 0 amide bonds. The van der Waals surface area contributed by atoms with Crippen molar-refractivity contribution in [1.29, 1.82) is 0 Å². The summed E-state index contributed by atoms with van der Waals surface area (Å²) < 4.78 is 5.38. The number of hydrogen-bond donors (Lipinski definition) is 1. The van der Waals surface area contributed by atoms with Crippen LogP contribution in [0.15, 0.2) is 30.3 Å². The third-order valence-electron chi connectivity index (χ3n) is 2.12. The number of benzene rings is 1. The summed E-state index contributed by atoms with van der Waals surface area (Å²) in [4.78, 5) is 0. The van der Waals surface area contributed by atoms with E-state index >= 15 is 0 Å². The monoisotopic (exact) mass is 194 g/mol. The molecule has 0 spiro atoms. The Bertz CT molecular complexity index is 246. The Kier molecular flexibility index (Phi) is 4.63. The number of hydrogen-bond acceptors (Lipinski definition) is 2. The molecule has 1 aliphatic rings. The van der Waals surface area contributed by atoms with E-state index in [9.17, 15) is 0 Å². The zero-order chi connectivity index (χ0) is 10.4. The summed E-state index contributed by atoms with van der Waals surface area (Å²) in [5.74, 6) is 0. The van der Waals surface area contributed by atoms with Crippen LogP contribution in [0.4, 0.5) is 0 Å². The van der Waals surface area contributed by atoms with Gasteiger partial charge in [0.25, 0.3) is 0 Å². The first-order valence-electron chi connectivity index (χ1n) is 5.23. The van der Waals surface area contributed by atoms with Crippen molar-refractivity contribution >= 4 is 0 Å². The molecule has 0 saturated carbocycles. The third kappa shape index (κ3) is 2.82. The summed E-state index contributed by atoms with van der Waals surface area (Å²) in [7, 11) is 0. The minimum Gasteiger partial charge on any atom is -0.396 e. The summed E-state index contributed by atoms with van der Waals surface area (Å²) >= 11 is 0. The van der Waals surface area contributed by atoms with Gasteiger partial charge < -0.3 is 9.84 Å². The fraction of sp³-hybridized carbons (Fsp3) is 0.500. The Balaban J connectivity index is 0.000000461. The van der Waals surface area contributed by atoms with Crippen LogP contribution in [-0.2, 0) is 4.74 Å². The molecule has 2 rings (SSSR count). The van der Waals surface area contributed by atoms with Gasteiger partial charge in [0.05, 0.1) is 6.10 Å². The molecule has 0 bridgehead atoms. The lowest BCUT2D eigenvalue weighted by Gasteiger charge is -1.92. The first kappa shape index (κ1) is 11.2. The van der Waals surface area contributed by atoms with Crippen molar-refractivity contribution < 1.29 is 9.84 Å². The first-order valence-corrected chi connectivity index (χ1v) is 5.23. The number of aliphatic hydroxyl groups excluding tert-OH is 1. The Morgan fingerprint density at radius 2 is 1.86 bits per heavy atom. The van der Waals surface area contributed by atoms with Crippen LogP contribution in [0, 0.1) is 0 Å². The van der Waals surface area contributed by atoms with E-state index in [-0.39, 0.29) is 18.8 Å². The lowest BCUT2D eigenvalue weighted by atomic mass is 10.1. The number of ether oxygens (including phenoxy) is 1. The number of rotatable bonds is 3. The van der Waals surface area contributed by atoms with Gasteiger partial charge in [-0.3, -0.25) is 0 Å². The highest BCUT2D eigenvalue weighted by Crippen LogP contribution is 2.40. The van der Waals surface area contributed by atoms with Gasteiger partial charge in [0.1, 0.15) is 6.10 Å². The van der Waals surface area contributed by atoms with E-state index in [0.29, 0.717) is 0 Å². The van der Waals surface area contributed by atoms with E-state index in [2.05, 4.69) is 12.1 Å². The molecule has 0 radical (unpaired) electrons. The SMILES string of the molecule is CC.OCCC1OC1c1ccccc1. The average molecular weight is 194 g/mol. The highest BCUT2D eigenvalue weighted by atomic mass is 16.6. The zero-order valence-corrected chi connectivity index (χ0v) is 8.81. The van der Waals surface area contributed by atoms with Crippen LogP contribution in [0.2, 0.25) is 0 Å². The molecular formula is C12H18O2. The van der Waals surface area contributed by atoms with E-state index in [1.807, 2.05) is 32.0 Å². The van der Waals surface area contributed by atoms with Crippen LogP contribution < -0.4 is 0 Å². The van der Waals surface area contributed by atoms with E-state index in [0.717, 1.165) is 6.42 Å². The Hall–Kier alpha value is -0.860. The predicted molar refractivity (Wildman–Crippen MR) is 57.1 cm³/mol. The molecule has 0 aliphatic carbocycles.